The predicted octanol–water partition coefficient (Wildman–Crippen LogP) is 23.9. The molecule has 12 heterocycles. The number of para-hydroxylation sites is 5. The van der Waals surface area contributed by atoms with Gasteiger partial charge in [0, 0.05) is 172 Å². The van der Waals surface area contributed by atoms with Gasteiger partial charge in [-0.25, -0.2) is 90.6 Å². The number of pyridine rings is 4. The summed E-state index contributed by atoms with van der Waals surface area (Å²) in [6.07, 6.45) is 28.3. The van der Waals surface area contributed by atoms with Crippen molar-refractivity contribution in [3.05, 3.63) is 473 Å². The number of benzene rings is 14. The van der Waals surface area contributed by atoms with Crippen LogP contribution in [0, 0.1) is 94.1 Å². The number of nitrogens with zero attached hydrogens (tertiary/aromatic N) is 18. The van der Waals surface area contributed by atoms with Crippen molar-refractivity contribution in [3.8, 4) is 23.3 Å². The first-order valence-electron chi connectivity index (χ1n) is 47.9. The summed E-state index contributed by atoms with van der Waals surface area (Å²) in [4.78, 5) is 41.7. The van der Waals surface area contributed by atoms with Gasteiger partial charge >= 0.3 is 0 Å². The Labute approximate surface area is 925 Å². The molecule has 0 aliphatic carbocycles. The number of aryl methyl sites for hydroxylation is 3. The van der Waals surface area contributed by atoms with E-state index in [2.05, 4.69) is 451 Å². The Morgan fingerprint density at radius 2 is 0.615 bits per heavy atom. The van der Waals surface area contributed by atoms with Crippen molar-refractivity contribution in [1.82, 2.24) is 57.8 Å². The Morgan fingerprint density at radius 3 is 1.05 bits per heavy atom. The van der Waals surface area contributed by atoms with Crippen LogP contribution in [0.5, 0.6) is 0 Å². The molecule has 148 heavy (non-hydrogen) atoms. The second-order valence-electron chi connectivity index (χ2n) is 36.3. The zero-order valence-electron chi connectivity index (χ0n) is 82.0. The van der Waals surface area contributed by atoms with Gasteiger partial charge in [0.1, 0.15) is 23.3 Å². The molecular formula is C124H95BN18Pt4S-12. The van der Waals surface area contributed by atoms with Gasteiger partial charge in [-0.3, -0.25) is 6.07 Å². The molecule has 24 heteroatoms. The molecule has 0 radical (unpaired) electrons. The molecule has 22 aromatic rings. The van der Waals surface area contributed by atoms with E-state index in [0.717, 1.165) is 177 Å². The minimum absolute atomic E-state index is 0. The summed E-state index contributed by atoms with van der Waals surface area (Å²) in [5.74, 6) is 3.53. The van der Waals surface area contributed by atoms with Crippen LogP contribution in [0.4, 0.5) is 51.2 Å². The van der Waals surface area contributed by atoms with E-state index in [1.54, 1.807) is 11.8 Å². The van der Waals surface area contributed by atoms with E-state index in [0.29, 0.717) is 0 Å². The second kappa shape index (κ2) is 44.8. The average Bonchev–Trinajstić information content (AvgIpc) is 1.60. The molecule has 0 fully saturated rings. The van der Waals surface area contributed by atoms with E-state index in [1.807, 2.05) is 144 Å². The topological polar surface area (TPSA) is 104 Å². The molecule has 0 atom stereocenters. The van der Waals surface area contributed by atoms with Crippen LogP contribution in [0.25, 0.3) is 110 Å². The van der Waals surface area contributed by atoms with Crippen molar-refractivity contribution in [2.75, 3.05) is 91.3 Å². The van der Waals surface area contributed by atoms with Gasteiger partial charge in [-0.1, -0.05) is 219 Å². The van der Waals surface area contributed by atoms with Crippen molar-refractivity contribution in [1.29, 1.82) is 0 Å². The summed E-state index contributed by atoms with van der Waals surface area (Å²) in [5.41, 5.74) is 24.7. The largest absolute Gasteiger partial charge is 0.515 e. The van der Waals surface area contributed by atoms with Gasteiger partial charge in [0.05, 0.1) is 26.7 Å². The van der Waals surface area contributed by atoms with E-state index in [1.165, 1.54) is 54.5 Å². The fraction of sp³-hybridized carbons (Fsp3) is 0.0968. The number of hydrogen-bond donors (Lipinski definition) is 0. The van der Waals surface area contributed by atoms with Crippen LogP contribution in [0.3, 0.4) is 0 Å². The third-order valence-corrected chi connectivity index (χ3v) is 27.3. The van der Waals surface area contributed by atoms with Crippen LogP contribution in [0.2, 0.25) is 0 Å². The SMILES string of the molecule is CN1C=[C-]N(c2[c-]c(N(C)c3[c-]c4c(cc3)c3ccccc3n4-c3ccccn3)ccc2)C1.CN1C=[C-]N(c2[c-]c(N(c3[c-]c4c(cc3)c3ccccc3n4-c3ccccn3)c3ccccc3)ccc2)C1.CN1C=[C-]N(c2[c-]c(Sc3[c-]c4c(cc3)c3ccccc3n4-c3ccccn3)ccc2)C1.Cc1cc(C)c(B(c2[c-]c(N3[C-]=CN(C)C3)ccc2)c2[c-]c3c(cc2)c2ccccc2n3-c2ccccn2)c(C)c1.[Pt].[Pt].[Pt].[Pt]. The smallest absolute Gasteiger partial charge is 0.190 e. The van der Waals surface area contributed by atoms with Gasteiger partial charge in [0.2, 0.25) is 0 Å². The molecule has 0 saturated heterocycles. The van der Waals surface area contributed by atoms with Crippen LogP contribution in [-0.2, 0) is 84.3 Å². The molecule has 0 N–H and O–H groups in total. The summed E-state index contributed by atoms with van der Waals surface area (Å²) in [6, 6.07) is 145. The Bertz CT molecular complexity index is 8660. The quantitative estimate of drug-likeness (QED) is 0.0601. The summed E-state index contributed by atoms with van der Waals surface area (Å²) in [5, 5.41) is 9.41. The third-order valence-electron chi connectivity index (χ3n) is 26.3. The maximum absolute atomic E-state index is 4.73. The summed E-state index contributed by atoms with van der Waals surface area (Å²) < 4.78 is 8.80. The van der Waals surface area contributed by atoms with Gasteiger partial charge in [0.25, 0.3) is 0 Å². The Balaban J connectivity index is 0.000000124. The number of hydrogen-bond acceptors (Lipinski definition) is 15. The molecule has 8 aromatic heterocycles. The molecule has 0 spiro atoms. The molecular weight excluding hydrogens is 2560 g/mol. The van der Waals surface area contributed by atoms with Crippen LogP contribution in [0.1, 0.15) is 16.7 Å². The van der Waals surface area contributed by atoms with E-state index < -0.39 is 0 Å². The van der Waals surface area contributed by atoms with Gasteiger partial charge < -0.3 is 67.3 Å². The second-order valence-corrected chi connectivity index (χ2v) is 37.4. The van der Waals surface area contributed by atoms with Crippen molar-refractivity contribution in [3.63, 3.8) is 0 Å². The first-order valence-corrected chi connectivity index (χ1v) is 48.7. The maximum Gasteiger partial charge on any atom is 0.190 e. The van der Waals surface area contributed by atoms with E-state index in [4.69, 9.17) is 4.98 Å². The zero-order valence-corrected chi connectivity index (χ0v) is 91.9. The Kier molecular flexibility index (Phi) is 30.7. The van der Waals surface area contributed by atoms with Crippen LogP contribution < -0.4 is 45.8 Å². The molecule has 0 saturated carbocycles. The number of anilines is 9. The number of rotatable bonds is 18. The van der Waals surface area contributed by atoms with Crippen LogP contribution >= 0.6 is 11.8 Å². The normalized spacial score (nSPS) is 12.9. The molecule has 0 amide bonds. The Morgan fingerprint density at radius 1 is 0.284 bits per heavy atom. The van der Waals surface area contributed by atoms with Crippen molar-refractivity contribution in [2.45, 2.75) is 30.6 Å². The van der Waals surface area contributed by atoms with Crippen molar-refractivity contribution in [2.24, 2.45) is 0 Å². The molecule has 18 nitrogen and oxygen atoms in total. The molecule has 4 aliphatic heterocycles. The van der Waals surface area contributed by atoms with Gasteiger partial charge in [0.15, 0.2) is 6.71 Å². The predicted molar refractivity (Wildman–Crippen MR) is 588 cm³/mol. The minimum Gasteiger partial charge on any atom is -0.515 e. The standard InChI is InChI=1S/C36H30BN4.C33H24N5.C28H22N5.C27H19N4S.4Pt/c1-25-20-26(2)36(27(3)21-25)37(28-10-9-11-30(22-28)40-19-18-39(4)24-40)29-15-16-32-31-12-5-6-13-33(31)41(34(32)23-29)35-14-7-8-17-38-35;1-35-20-21-36(24-35)26-12-9-13-27(22-26)37(25-10-3-2-4-11-25)28-17-18-30-29-14-5-6-15-31(29)38(32(30)23-28)33-16-7-8-19-34-33;1-30-16-17-32(20-30)23-9-7-8-21(18-23)31(2)22-13-14-25-24-10-3-4-11-26(24)33(27(25)19-22)28-12-5-6-15-29-28;1-29-15-16-30(19-29)20-7-6-8-21(17-20)32-22-12-13-24-23-9-2-3-10-25(23)31(26(24)18-22)27-11-4-5-14-28-27;;;;/h5-18,20-21H,24H2,1-4H3;2-20H,24H2,1H3;3-16H,20H2,1-2H3;2-15H,19H2,1H3;;;;/q4*-3;;;;. The van der Waals surface area contributed by atoms with Gasteiger partial charge in [-0.15, -0.1) is 79.5 Å². The average molecular weight is 2660 g/mol. The molecule has 26 rings (SSSR count). The molecule has 0 unspecified atom stereocenters. The van der Waals surface area contributed by atoms with E-state index >= 15 is 0 Å². The monoisotopic (exact) mass is 2660 g/mol. The molecule has 742 valence electrons. The van der Waals surface area contributed by atoms with Crippen LogP contribution in [-0.4, -0.2) is 126 Å². The minimum atomic E-state index is -0.0422. The molecule has 4 aliphatic rings. The number of aromatic nitrogens is 8. The van der Waals surface area contributed by atoms with E-state index in [-0.39, 0.29) is 91.0 Å². The van der Waals surface area contributed by atoms with E-state index in [9.17, 15) is 0 Å². The Hall–Kier alpha value is -15.0. The first-order chi connectivity index (χ1) is 70.7. The summed E-state index contributed by atoms with van der Waals surface area (Å²) in [6.45, 7) is 9.63. The summed E-state index contributed by atoms with van der Waals surface area (Å²) >= 11 is 1.67. The number of fused-ring (bicyclic) bond motifs is 12. The summed E-state index contributed by atoms with van der Waals surface area (Å²) in [7, 11) is 10.2. The zero-order chi connectivity index (χ0) is 97.4. The van der Waals surface area contributed by atoms with Gasteiger partial charge in [-0.05, 0) is 127 Å². The fourth-order valence-corrected chi connectivity index (χ4v) is 20.6. The third kappa shape index (κ3) is 20.5. The molecule has 14 aromatic carbocycles. The fourth-order valence-electron chi connectivity index (χ4n) is 19.8. The van der Waals surface area contributed by atoms with Crippen molar-refractivity contribution < 1.29 is 84.3 Å². The van der Waals surface area contributed by atoms with Gasteiger partial charge in [-0.2, -0.15) is 115 Å². The molecule has 0 bridgehead atoms. The first kappa shape index (κ1) is 102. The maximum atomic E-state index is 4.73. The van der Waals surface area contributed by atoms with Crippen molar-refractivity contribution >= 4 is 173 Å². The van der Waals surface area contributed by atoms with Crippen LogP contribution in [0.15, 0.2) is 393 Å².